The molecule has 156 valence electrons. The van der Waals surface area contributed by atoms with Gasteiger partial charge in [0.2, 0.25) is 6.41 Å². The molecule has 7 nitrogen and oxygen atoms in total. The van der Waals surface area contributed by atoms with E-state index in [2.05, 4.69) is 20.5 Å². The minimum absolute atomic E-state index is 0.0485. The summed E-state index contributed by atoms with van der Waals surface area (Å²) in [5.41, 5.74) is 2.23. The standard InChI is InChI=1S/C18H15ClFN5O2.C3H6/c1-9(2)27-18-16(20)15(19)14(11-5-22-24-17(11)18)10-3-4-13-23-12(21-8-26)7-25(13)6-10;1-2-3-1/h3-9H,1-2H3,(H,21,26)(H,22,24);1-3H2. The van der Waals surface area contributed by atoms with Crippen molar-refractivity contribution in [3.05, 3.63) is 41.6 Å². The maximum absolute atomic E-state index is 15.0. The molecule has 1 aromatic carbocycles. The molecule has 4 aromatic rings. The van der Waals surface area contributed by atoms with Crippen molar-refractivity contribution >= 4 is 40.4 Å². The maximum atomic E-state index is 15.0. The Morgan fingerprint density at radius 1 is 1.30 bits per heavy atom. The lowest BCUT2D eigenvalue weighted by molar-refractivity contribution is -0.105. The molecule has 0 spiro atoms. The Morgan fingerprint density at radius 3 is 2.73 bits per heavy atom. The Labute approximate surface area is 177 Å². The van der Waals surface area contributed by atoms with E-state index in [1.807, 2.05) is 0 Å². The Hall–Kier alpha value is -3.13. The number of nitrogens with one attached hydrogen (secondary N) is 2. The molecule has 9 heteroatoms. The van der Waals surface area contributed by atoms with Gasteiger partial charge in [0.05, 0.1) is 23.5 Å². The number of carbonyl (C=O) groups is 1. The van der Waals surface area contributed by atoms with Crippen LogP contribution in [0.5, 0.6) is 5.75 Å². The summed E-state index contributed by atoms with van der Waals surface area (Å²) in [5, 5.41) is 9.91. The zero-order valence-electron chi connectivity index (χ0n) is 16.6. The molecule has 1 saturated carbocycles. The number of carbonyl (C=O) groups excluding carboxylic acids is 1. The van der Waals surface area contributed by atoms with Gasteiger partial charge in [-0.2, -0.15) is 5.10 Å². The van der Waals surface area contributed by atoms with E-state index in [0.717, 1.165) is 0 Å². The Balaban J connectivity index is 0.000000667. The van der Waals surface area contributed by atoms with Gasteiger partial charge < -0.3 is 14.5 Å². The number of amides is 1. The molecule has 1 aliphatic carbocycles. The van der Waals surface area contributed by atoms with Crippen LogP contribution in [0.15, 0.2) is 30.7 Å². The average molecular weight is 430 g/mol. The number of H-pyrrole nitrogens is 1. The summed E-state index contributed by atoms with van der Waals surface area (Å²) in [4.78, 5) is 14.9. The molecule has 0 bridgehead atoms. The number of nitrogens with zero attached hydrogens (tertiary/aromatic N) is 3. The molecule has 2 N–H and O–H groups in total. The number of ether oxygens (including phenoxy) is 1. The smallest absolute Gasteiger partial charge is 0.212 e. The lowest BCUT2D eigenvalue weighted by Gasteiger charge is -2.15. The molecular weight excluding hydrogens is 409 g/mol. The van der Waals surface area contributed by atoms with Crippen LogP contribution in [0.4, 0.5) is 10.2 Å². The first-order chi connectivity index (χ1) is 14.5. The molecule has 5 rings (SSSR count). The van der Waals surface area contributed by atoms with Crippen LogP contribution in [-0.4, -0.2) is 32.1 Å². The fourth-order valence-corrected chi connectivity index (χ4v) is 3.28. The highest BCUT2D eigenvalue weighted by molar-refractivity contribution is 6.35. The van der Waals surface area contributed by atoms with Crippen LogP contribution in [-0.2, 0) is 4.79 Å². The number of anilines is 1. The first-order valence-corrected chi connectivity index (χ1v) is 10.1. The summed E-state index contributed by atoms with van der Waals surface area (Å²) < 4.78 is 22.3. The van der Waals surface area contributed by atoms with Gasteiger partial charge in [-0.3, -0.25) is 9.89 Å². The first-order valence-electron chi connectivity index (χ1n) is 9.69. The Morgan fingerprint density at radius 2 is 2.07 bits per heavy atom. The zero-order chi connectivity index (χ0) is 21.3. The third-order valence-electron chi connectivity index (χ3n) is 4.40. The second-order valence-corrected chi connectivity index (χ2v) is 7.67. The third kappa shape index (κ3) is 3.95. The summed E-state index contributed by atoms with van der Waals surface area (Å²) in [6, 6.07) is 3.53. The number of hydrogen-bond acceptors (Lipinski definition) is 4. The Bertz CT molecular complexity index is 1210. The van der Waals surface area contributed by atoms with Crippen LogP contribution in [0.3, 0.4) is 0 Å². The fraction of sp³-hybridized carbons (Fsp3) is 0.286. The number of benzene rings is 1. The summed E-state index contributed by atoms with van der Waals surface area (Å²) in [6.07, 6.45) is 9.83. The van der Waals surface area contributed by atoms with E-state index in [-0.39, 0.29) is 16.9 Å². The summed E-state index contributed by atoms with van der Waals surface area (Å²) in [7, 11) is 0. The van der Waals surface area contributed by atoms with Gasteiger partial charge in [-0.1, -0.05) is 30.9 Å². The molecule has 3 aromatic heterocycles. The number of rotatable bonds is 5. The minimum Gasteiger partial charge on any atom is -0.486 e. The van der Waals surface area contributed by atoms with E-state index in [0.29, 0.717) is 39.9 Å². The highest BCUT2D eigenvalue weighted by Crippen LogP contribution is 2.42. The van der Waals surface area contributed by atoms with E-state index in [1.54, 1.807) is 49.0 Å². The van der Waals surface area contributed by atoms with Crippen LogP contribution in [0.2, 0.25) is 5.02 Å². The third-order valence-corrected chi connectivity index (χ3v) is 4.76. The summed E-state index contributed by atoms with van der Waals surface area (Å²) >= 11 is 6.38. The second kappa shape index (κ2) is 8.31. The van der Waals surface area contributed by atoms with Gasteiger partial charge in [0.15, 0.2) is 17.4 Å². The van der Waals surface area contributed by atoms with E-state index >= 15 is 0 Å². The number of imidazole rings is 1. The first kappa shape index (κ1) is 20.2. The molecule has 0 saturated heterocycles. The molecule has 1 fully saturated rings. The monoisotopic (exact) mass is 429 g/mol. The lowest BCUT2D eigenvalue weighted by atomic mass is 10.0. The van der Waals surface area contributed by atoms with Gasteiger partial charge >= 0.3 is 0 Å². The fourth-order valence-electron chi connectivity index (χ4n) is 2.98. The molecule has 0 aliphatic heterocycles. The van der Waals surface area contributed by atoms with E-state index in [9.17, 15) is 9.18 Å². The summed E-state index contributed by atoms with van der Waals surface area (Å²) in [6.45, 7) is 3.61. The largest absolute Gasteiger partial charge is 0.486 e. The number of halogens is 2. The van der Waals surface area contributed by atoms with E-state index < -0.39 is 5.82 Å². The van der Waals surface area contributed by atoms with Gasteiger partial charge in [0.1, 0.15) is 11.2 Å². The van der Waals surface area contributed by atoms with Gasteiger partial charge in [-0.05, 0) is 26.0 Å². The molecular formula is C21H21ClFN5O2. The topological polar surface area (TPSA) is 84.3 Å². The van der Waals surface area contributed by atoms with Gasteiger partial charge in [-0.25, -0.2) is 9.37 Å². The predicted molar refractivity (Wildman–Crippen MR) is 115 cm³/mol. The molecule has 3 heterocycles. The number of aromatic amines is 1. The molecule has 30 heavy (non-hydrogen) atoms. The zero-order valence-corrected chi connectivity index (χ0v) is 17.3. The number of aromatic nitrogens is 4. The number of hydrogen-bond donors (Lipinski definition) is 2. The van der Waals surface area contributed by atoms with Gasteiger partial charge in [0.25, 0.3) is 0 Å². The van der Waals surface area contributed by atoms with Crippen LogP contribution < -0.4 is 10.1 Å². The van der Waals surface area contributed by atoms with Gasteiger partial charge in [0, 0.05) is 22.7 Å². The Kier molecular flexibility index (Phi) is 5.59. The molecule has 0 radical (unpaired) electrons. The lowest BCUT2D eigenvalue weighted by Crippen LogP contribution is -2.08. The quantitative estimate of drug-likeness (QED) is 0.427. The van der Waals surface area contributed by atoms with Crippen molar-refractivity contribution in [2.24, 2.45) is 0 Å². The maximum Gasteiger partial charge on any atom is 0.212 e. The molecule has 1 amide bonds. The van der Waals surface area contributed by atoms with Crippen LogP contribution in [0, 0.1) is 5.82 Å². The van der Waals surface area contributed by atoms with Crippen molar-refractivity contribution in [1.29, 1.82) is 0 Å². The highest BCUT2D eigenvalue weighted by Gasteiger charge is 2.23. The van der Waals surface area contributed by atoms with Crippen molar-refractivity contribution in [1.82, 2.24) is 19.6 Å². The van der Waals surface area contributed by atoms with Crippen molar-refractivity contribution < 1.29 is 13.9 Å². The molecule has 0 unspecified atom stereocenters. The van der Waals surface area contributed by atoms with Crippen LogP contribution in [0.1, 0.15) is 33.1 Å². The number of pyridine rings is 1. The van der Waals surface area contributed by atoms with E-state index in [4.69, 9.17) is 16.3 Å². The predicted octanol–water partition coefficient (Wildman–Crippen LogP) is 5.20. The van der Waals surface area contributed by atoms with Crippen molar-refractivity contribution in [2.75, 3.05) is 5.32 Å². The average Bonchev–Trinajstić information content (AvgIpc) is 3.43. The van der Waals surface area contributed by atoms with Crippen molar-refractivity contribution in [3.8, 4) is 16.9 Å². The molecule has 0 atom stereocenters. The van der Waals surface area contributed by atoms with E-state index in [1.165, 1.54) is 19.3 Å². The van der Waals surface area contributed by atoms with Crippen LogP contribution in [0.25, 0.3) is 27.7 Å². The van der Waals surface area contributed by atoms with Crippen molar-refractivity contribution in [3.63, 3.8) is 0 Å². The second-order valence-electron chi connectivity index (χ2n) is 7.29. The molecule has 1 aliphatic rings. The summed E-state index contributed by atoms with van der Waals surface area (Å²) in [5.74, 6) is -0.188. The highest BCUT2D eigenvalue weighted by atomic mass is 35.5. The van der Waals surface area contributed by atoms with Crippen molar-refractivity contribution in [2.45, 2.75) is 39.2 Å². The number of fused-ring (bicyclic) bond motifs is 2. The SMILES string of the molecule is C1CC1.CC(C)Oc1c(F)c(Cl)c(-c2ccc3nc(NC=O)cn3c2)c2cn[nH]c12. The van der Waals surface area contributed by atoms with Gasteiger partial charge in [-0.15, -0.1) is 0 Å². The van der Waals surface area contributed by atoms with Crippen LogP contribution >= 0.6 is 11.6 Å². The minimum atomic E-state index is -0.647. The normalized spacial score (nSPS) is 12.7.